The van der Waals surface area contributed by atoms with Crippen molar-refractivity contribution in [2.45, 2.75) is 48.9 Å². The number of aliphatic hydroxyl groups excluding tert-OH is 3. The van der Waals surface area contributed by atoms with Crippen molar-refractivity contribution in [3.8, 4) is 0 Å². The molecule has 7 heteroatoms. The first-order valence-electron chi connectivity index (χ1n) is 4.90. The lowest BCUT2D eigenvalue weighted by Gasteiger charge is -2.41. The standard InChI is InChI=1S/C9H16O6S/c1-3(2)16-9-6(12)4(10)5(11)7(15-9)8(13)14/h3-7,9-12H,1-2H3,(H,13,14)/p-1/t4-,5-,6+,7-,9-/m0/s1. The van der Waals surface area contributed by atoms with Gasteiger partial charge in [0.2, 0.25) is 0 Å². The van der Waals surface area contributed by atoms with Crippen molar-refractivity contribution >= 4 is 17.7 Å². The summed E-state index contributed by atoms with van der Waals surface area (Å²) in [5.41, 5.74) is -0.888. The van der Waals surface area contributed by atoms with Crippen LogP contribution in [0.4, 0.5) is 0 Å². The third-order valence-corrected chi connectivity index (χ3v) is 3.41. The quantitative estimate of drug-likeness (QED) is 0.516. The maximum atomic E-state index is 10.7. The van der Waals surface area contributed by atoms with Crippen LogP contribution in [0, 0.1) is 0 Å². The molecular weight excluding hydrogens is 236 g/mol. The predicted octanol–water partition coefficient (Wildman–Crippen LogP) is -2.31. The van der Waals surface area contributed by atoms with Gasteiger partial charge in [0.15, 0.2) is 0 Å². The molecule has 1 aliphatic heterocycles. The van der Waals surface area contributed by atoms with Crippen molar-refractivity contribution < 1.29 is 30.0 Å². The summed E-state index contributed by atoms with van der Waals surface area (Å²) in [7, 11) is 0. The molecule has 1 fully saturated rings. The number of carboxylic acids is 1. The molecule has 0 aliphatic carbocycles. The molecule has 0 aromatic heterocycles. The lowest BCUT2D eigenvalue weighted by atomic mass is 10.0. The zero-order valence-corrected chi connectivity index (χ0v) is 9.76. The van der Waals surface area contributed by atoms with Gasteiger partial charge in [-0.05, 0) is 0 Å². The van der Waals surface area contributed by atoms with Crippen molar-refractivity contribution in [3.63, 3.8) is 0 Å². The minimum absolute atomic E-state index is 0.0875. The Morgan fingerprint density at radius 1 is 1.25 bits per heavy atom. The normalized spacial score (nSPS) is 40.0. The Labute approximate surface area is 97.2 Å². The number of ether oxygens (including phenoxy) is 1. The van der Waals surface area contributed by atoms with Crippen LogP contribution < -0.4 is 5.11 Å². The van der Waals surface area contributed by atoms with E-state index in [0.717, 1.165) is 0 Å². The second kappa shape index (κ2) is 5.33. The summed E-state index contributed by atoms with van der Waals surface area (Å²) in [6, 6.07) is 0. The molecule has 0 aromatic carbocycles. The van der Waals surface area contributed by atoms with Gasteiger partial charge in [-0.2, -0.15) is 0 Å². The van der Waals surface area contributed by atoms with Crippen LogP contribution in [-0.4, -0.2) is 56.4 Å². The monoisotopic (exact) mass is 251 g/mol. The molecule has 1 saturated heterocycles. The van der Waals surface area contributed by atoms with E-state index in [1.54, 1.807) is 0 Å². The van der Waals surface area contributed by atoms with Crippen LogP contribution in [0.25, 0.3) is 0 Å². The summed E-state index contributed by atoms with van der Waals surface area (Å²) < 4.78 is 4.99. The molecule has 1 heterocycles. The van der Waals surface area contributed by atoms with E-state index in [4.69, 9.17) is 4.74 Å². The van der Waals surface area contributed by atoms with Gasteiger partial charge in [-0.1, -0.05) is 13.8 Å². The van der Waals surface area contributed by atoms with E-state index in [-0.39, 0.29) is 5.25 Å². The smallest absolute Gasteiger partial charge is 0.133 e. The van der Waals surface area contributed by atoms with Gasteiger partial charge in [0.25, 0.3) is 0 Å². The maximum Gasteiger partial charge on any atom is 0.133 e. The SMILES string of the molecule is CC(C)S[C@@H]1O[C@H](C(=O)[O-])[C@@H](O)[C@H](O)[C@H]1O. The molecule has 6 nitrogen and oxygen atoms in total. The minimum Gasteiger partial charge on any atom is -0.547 e. The Kier molecular flexibility index (Phi) is 4.57. The number of hydrogen-bond donors (Lipinski definition) is 3. The first kappa shape index (κ1) is 13.7. The van der Waals surface area contributed by atoms with Crippen LogP contribution in [0.15, 0.2) is 0 Å². The number of rotatable bonds is 3. The van der Waals surface area contributed by atoms with Crippen LogP contribution in [0.3, 0.4) is 0 Å². The van der Waals surface area contributed by atoms with Gasteiger partial charge >= 0.3 is 0 Å². The predicted molar refractivity (Wildman–Crippen MR) is 54.4 cm³/mol. The van der Waals surface area contributed by atoms with E-state index < -0.39 is 35.8 Å². The highest BCUT2D eigenvalue weighted by atomic mass is 32.2. The van der Waals surface area contributed by atoms with Crippen LogP contribution in [0.1, 0.15) is 13.8 Å². The molecule has 1 aliphatic rings. The lowest BCUT2D eigenvalue weighted by Crippen LogP contribution is -2.61. The van der Waals surface area contributed by atoms with Crippen molar-refractivity contribution in [1.82, 2.24) is 0 Å². The fraction of sp³-hybridized carbons (Fsp3) is 0.889. The number of thioether (sulfide) groups is 1. The molecule has 3 N–H and O–H groups in total. The summed E-state index contributed by atoms with van der Waals surface area (Å²) in [5.74, 6) is -1.60. The Bertz CT molecular complexity index is 258. The van der Waals surface area contributed by atoms with E-state index in [9.17, 15) is 25.2 Å². The molecule has 1 rings (SSSR count). The molecule has 16 heavy (non-hydrogen) atoms. The molecule has 0 spiro atoms. The van der Waals surface area contributed by atoms with Gasteiger partial charge in [-0.15, -0.1) is 11.8 Å². The number of hydrogen-bond acceptors (Lipinski definition) is 7. The third kappa shape index (κ3) is 2.86. The molecule has 0 saturated carbocycles. The number of carbonyl (C=O) groups is 1. The Morgan fingerprint density at radius 3 is 2.25 bits per heavy atom. The van der Waals surface area contributed by atoms with Gasteiger partial charge in [0, 0.05) is 5.25 Å². The van der Waals surface area contributed by atoms with Crippen LogP contribution in [-0.2, 0) is 9.53 Å². The fourth-order valence-electron chi connectivity index (χ4n) is 1.42. The van der Waals surface area contributed by atoms with Crippen molar-refractivity contribution in [2.24, 2.45) is 0 Å². The average molecular weight is 251 g/mol. The van der Waals surface area contributed by atoms with E-state index >= 15 is 0 Å². The van der Waals surface area contributed by atoms with Gasteiger partial charge in [0.05, 0.1) is 5.97 Å². The molecule has 0 radical (unpaired) electrons. The molecular formula is C9H15O6S-. The summed E-state index contributed by atoms with van der Waals surface area (Å²) in [6.45, 7) is 3.68. The topological polar surface area (TPSA) is 110 Å². The number of carbonyl (C=O) groups excluding carboxylic acids is 1. The molecule has 5 atom stereocenters. The van der Waals surface area contributed by atoms with Gasteiger partial charge < -0.3 is 30.0 Å². The molecule has 94 valence electrons. The Morgan fingerprint density at radius 2 is 1.81 bits per heavy atom. The van der Waals surface area contributed by atoms with Crippen molar-refractivity contribution in [3.05, 3.63) is 0 Å². The zero-order valence-electron chi connectivity index (χ0n) is 8.94. The number of aliphatic carboxylic acids is 1. The molecule has 0 bridgehead atoms. The first-order chi connectivity index (χ1) is 7.34. The fourth-order valence-corrected chi connectivity index (χ4v) is 2.47. The van der Waals surface area contributed by atoms with Crippen molar-refractivity contribution in [1.29, 1.82) is 0 Å². The van der Waals surface area contributed by atoms with E-state index in [2.05, 4.69) is 0 Å². The number of aliphatic hydroxyl groups is 3. The lowest BCUT2D eigenvalue weighted by molar-refractivity contribution is -0.329. The average Bonchev–Trinajstić information content (AvgIpc) is 2.18. The molecule has 0 aromatic rings. The highest BCUT2D eigenvalue weighted by molar-refractivity contribution is 8.00. The van der Waals surface area contributed by atoms with E-state index in [1.165, 1.54) is 11.8 Å². The maximum absolute atomic E-state index is 10.7. The molecule has 0 unspecified atom stereocenters. The molecule has 0 amide bonds. The van der Waals surface area contributed by atoms with Gasteiger partial charge in [-0.25, -0.2) is 0 Å². The Hall–Kier alpha value is -0.340. The Balaban J connectivity index is 2.77. The number of carboxylic acid groups (broad SMARTS) is 1. The first-order valence-corrected chi connectivity index (χ1v) is 5.85. The highest BCUT2D eigenvalue weighted by Gasteiger charge is 2.44. The van der Waals surface area contributed by atoms with Crippen molar-refractivity contribution in [2.75, 3.05) is 0 Å². The summed E-state index contributed by atoms with van der Waals surface area (Å²) in [4.78, 5) is 10.7. The highest BCUT2D eigenvalue weighted by Crippen LogP contribution is 2.30. The van der Waals surface area contributed by atoms with Crippen LogP contribution in [0.5, 0.6) is 0 Å². The van der Waals surface area contributed by atoms with Gasteiger partial charge in [0.1, 0.15) is 29.9 Å². The van der Waals surface area contributed by atoms with Crippen LogP contribution >= 0.6 is 11.8 Å². The van der Waals surface area contributed by atoms with E-state index in [1.807, 2.05) is 13.8 Å². The van der Waals surface area contributed by atoms with Crippen LogP contribution in [0.2, 0.25) is 0 Å². The van der Waals surface area contributed by atoms with E-state index in [0.29, 0.717) is 0 Å². The summed E-state index contributed by atoms with van der Waals surface area (Å²) in [6.07, 6.45) is -6.16. The second-order valence-corrected chi connectivity index (χ2v) is 5.58. The second-order valence-electron chi connectivity index (χ2n) is 3.90. The summed E-state index contributed by atoms with van der Waals surface area (Å²) in [5, 5.41) is 39.2. The minimum atomic E-state index is -1.68. The largest absolute Gasteiger partial charge is 0.547 e. The zero-order chi connectivity index (χ0) is 12.5. The summed E-state index contributed by atoms with van der Waals surface area (Å²) >= 11 is 1.18. The van der Waals surface area contributed by atoms with Gasteiger partial charge in [-0.3, -0.25) is 0 Å². The third-order valence-electron chi connectivity index (χ3n) is 2.21.